The molecule has 0 bridgehead atoms. The molecule has 0 fully saturated rings. The zero-order chi connectivity index (χ0) is 16.8. The lowest BCUT2D eigenvalue weighted by molar-refractivity contribution is 0.174. The molecule has 0 spiro atoms. The van der Waals surface area contributed by atoms with Gasteiger partial charge in [0, 0.05) is 17.3 Å². The Morgan fingerprint density at radius 2 is 1.46 bits per heavy atom. The van der Waals surface area contributed by atoms with Gasteiger partial charge in [-0.1, -0.05) is 6.07 Å². The predicted molar refractivity (Wildman–Crippen MR) is 85.8 cm³/mol. The Labute approximate surface area is 135 Å². The minimum atomic E-state index is -0.524. The van der Waals surface area contributed by atoms with E-state index in [9.17, 15) is 9.59 Å². The van der Waals surface area contributed by atoms with E-state index in [4.69, 9.17) is 9.47 Å². The summed E-state index contributed by atoms with van der Waals surface area (Å²) in [6.07, 6.45) is 0. The van der Waals surface area contributed by atoms with Crippen LogP contribution in [0.5, 0.6) is 11.5 Å². The third kappa shape index (κ3) is 2.07. The molecule has 4 rings (SSSR count). The van der Waals surface area contributed by atoms with Crippen LogP contribution in [0.2, 0.25) is 0 Å². The third-order valence-corrected chi connectivity index (χ3v) is 4.33. The predicted octanol–water partition coefficient (Wildman–Crippen LogP) is 1.25. The summed E-state index contributed by atoms with van der Waals surface area (Å²) in [5, 5.41) is 10.8. The minimum Gasteiger partial charge on any atom is -0.454 e. The maximum Gasteiger partial charge on any atom is 0.268 e. The molecule has 8 nitrogen and oxygen atoms in total. The number of hydrogen-bond donors (Lipinski definition) is 4. The number of ether oxygens (including phenoxy) is 2. The molecule has 24 heavy (non-hydrogen) atoms. The number of rotatable bonds is 3. The molecule has 1 aliphatic heterocycles. The van der Waals surface area contributed by atoms with Gasteiger partial charge in [0.15, 0.2) is 11.5 Å². The highest BCUT2D eigenvalue weighted by atomic mass is 16.7. The Kier molecular flexibility index (Phi) is 3.12. The highest BCUT2D eigenvalue weighted by Crippen LogP contribution is 2.38. The van der Waals surface area contributed by atoms with Gasteiger partial charge in [0.1, 0.15) is 0 Å². The summed E-state index contributed by atoms with van der Waals surface area (Å²) in [6.45, 7) is 3.75. The molecule has 1 aliphatic rings. The van der Waals surface area contributed by atoms with Crippen molar-refractivity contribution in [1.29, 1.82) is 0 Å². The number of fused-ring (bicyclic) bond motifs is 1. The van der Waals surface area contributed by atoms with Gasteiger partial charge in [0.25, 0.3) is 11.1 Å². The van der Waals surface area contributed by atoms with E-state index >= 15 is 0 Å². The summed E-state index contributed by atoms with van der Waals surface area (Å²) in [4.78, 5) is 24.7. The van der Waals surface area contributed by atoms with Gasteiger partial charge in [-0.15, -0.1) is 0 Å². The largest absolute Gasteiger partial charge is 0.454 e. The lowest BCUT2D eigenvalue weighted by atomic mass is 9.85. The van der Waals surface area contributed by atoms with Gasteiger partial charge in [-0.2, -0.15) is 0 Å². The van der Waals surface area contributed by atoms with E-state index in [2.05, 4.69) is 20.4 Å². The molecule has 0 amide bonds. The van der Waals surface area contributed by atoms with Crippen LogP contribution in [0.1, 0.15) is 34.0 Å². The lowest BCUT2D eigenvalue weighted by Gasteiger charge is -2.16. The van der Waals surface area contributed by atoms with Crippen molar-refractivity contribution in [3.63, 3.8) is 0 Å². The quantitative estimate of drug-likeness (QED) is 0.579. The monoisotopic (exact) mass is 328 g/mol. The molecule has 0 saturated heterocycles. The van der Waals surface area contributed by atoms with Crippen LogP contribution in [0, 0.1) is 13.8 Å². The second-order valence-electron chi connectivity index (χ2n) is 5.78. The van der Waals surface area contributed by atoms with Crippen molar-refractivity contribution in [3.05, 3.63) is 67.0 Å². The van der Waals surface area contributed by atoms with Crippen LogP contribution in [0.3, 0.4) is 0 Å². The van der Waals surface area contributed by atoms with Crippen LogP contribution < -0.4 is 20.6 Å². The Bertz CT molecular complexity index is 969. The number of H-pyrrole nitrogens is 4. The molecule has 0 saturated carbocycles. The zero-order valence-electron chi connectivity index (χ0n) is 13.1. The SMILES string of the molecule is Cc1[nH][nH]c(=O)c1C(c1ccc2c(c1)OCO2)c1c(C)[nH][nH]c1=O. The fourth-order valence-electron chi connectivity index (χ4n) is 3.18. The number of aryl methyl sites for hydroxylation is 2. The summed E-state index contributed by atoms with van der Waals surface area (Å²) >= 11 is 0. The molecule has 2 aromatic heterocycles. The van der Waals surface area contributed by atoms with Crippen LogP contribution in [0.4, 0.5) is 0 Å². The highest BCUT2D eigenvalue weighted by molar-refractivity contribution is 5.51. The van der Waals surface area contributed by atoms with Crippen molar-refractivity contribution in [2.45, 2.75) is 19.8 Å². The maximum absolute atomic E-state index is 12.3. The average Bonchev–Trinajstić information content (AvgIpc) is 3.24. The van der Waals surface area contributed by atoms with Crippen LogP contribution in [0.25, 0.3) is 0 Å². The number of hydrogen-bond acceptors (Lipinski definition) is 4. The molecule has 3 heterocycles. The average molecular weight is 328 g/mol. The molecule has 0 aliphatic carbocycles. The highest BCUT2D eigenvalue weighted by Gasteiger charge is 2.29. The normalized spacial score (nSPS) is 13.0. The second kappa shape index (κ2) is 5.19. The van der Waals surface area contributed by atoms with Crippen molar-refractivity contribution >= 4 is 0 Å². The third-order valence-electron chi connectivity index (χ3n) is 4.33. The summed E-state index contributed by atoms with van der Waals surface area (Å²) < 4.78 is 10.8. The van der Waals surface area contributed by atoms with E-state index in [-0.39, 0.29) is 17.9 Å². The first-order valence-electron chi connectivity index (χ1n) is 7.50. The zero-order valence-corrected chi connectivity index (χ0v) is 13.1. The molecule has 0 unspecified atom stereocenters. The first-order chi connectivity index (χ1) is 11.6. The molecule has 0 radical (unpaired) electrons. The molecular formula is C16H16N4O4. The maximum atomic E-state index is 12.3. The fraction of sp³-hybridized carbons (Fsp3) is 0.250. The van der Waals surface area contributed by atoms with Gasteiger partial charge in [-0.25, -0.2) is 0 Å². The summed E-state index contributed by atoms with van der Waals surface area (Å²) in [6, 6.07) is 5.44. The molecule has 1 aromatic carbocycles. The summed E-state index contributed by atoms with van der Waals surface area (Å²) in [5.41, 5.74) is 2.64. The van der Waals surface area contributed by atoms with Crippen molar-refractivity contribution in [2.24, 2.45) is 0 Å². The van der Waals surface area contributed by atoms with Gasteiger partial charge >= 0.3 is 0 Å². The van der Waals surface area contributed by atoms with Gasteiger partial charge < -0.3 is 19.7 Å². The van der Waals surface area contributed by atoms with Crippen molar-refractivity contribution < 1.29 is 9.47 Å². The summed E-state index contributed by atoms with van der Waals surface area (Å²) in [7, 11) is 0. The number of aromatic nitrogens is 4. The van der Waals surface area contributed by atoms with E-state index in [0.29, 0.717) is 34.0 Å². The first kappa shape index (κ1) is 14.4. The number of nitrogens with one attached hydrogen (secondary N) is 4. The van der Waals surface area contributed by atoms with E-state index in [1.807, 2.05) is 12.1 Å². The second-order valence-corrected chi connectivity index (χ2v) is 5.78. The van der Waals surface area contributed by atoms with Crippen LogP contribution >= 0.6 is 0 Å². The summed E-state index contributed by atoms with van der Waals surface area (Å²) in [5.74, 6) is 0.730. The Morgan fingerprint density at radius 3 is 2.00 bits per heavy atom. The standard InChI is InChI=1S/C16H16N4O4/c1-7-12(15(21)19-17-7)14(13-8(2)18-20-16(13)22)9-3-4-10-11(5-9)24-6-23-10/h3-5,14H,6H2,1-2H3,(H2,17,19,21)(H2,18,20,22). The van der Waals surface area contributed by atoms with Crippen LogP contribution in [-0.2, 0) is 0 Å². The molecule has 8 heteroatoms. The smallest absolute Gasteiger partial charge is 0.268 e. The van der Waals surface area contributed by atoms with Gasteiger partial charge in [-0.3, -0.25) is 19.8 Å². The number of benzene rings is 1. The van der Waals surface area contributed by atoms with Crippen molar-refractivity contribution in [2.75, 3.05) is 6.79 Å². The lowest BCUT2D eigenvalue weighted by Crippen LogP contribution is -2.20. The van der Waals surface area contributed by atoms with Crippen molar-refractivity contribution in [3.8, 4) is 11.5 Å². The Morgan fingerprint density at radius 1 is 0.875 bits per heavy atom. The molecule has 4 N–H and O–H groups in total. The van der Waals surface area contributed by atoms with Gasteiger partial charge in [-0.05, 0) is 31.5 Å². The van der Waals surface area contributed by atoms with E-state index < -0.39 is 5.92 Å². The minimum absolute atomic E-state index is 0.164. The van der Waals surface area contributed by atoms with E-state index in [0.717, 1.165) is 5.56 Å². The topological polar surface area (TPSA) is 116 Å². The van der Waals surface area contributed by atoms with Gasteiger partial charge in [0.05, 0.1) is 11.1 Å². The van der Waals surface area contributed by atoms with Crippen LogP contribution in [-0.4, -0.2) is 27.2 Å². The molecule has 124 valence electrons. The number of aromatic amines is 4. The molecule has 0 atom stereocenters. The van der Waals surface area contributed by atoms with E-state index in [1.54, 1.807) is 19.9 Å². The van der Waals surface area contributed by atoms with Crippen molar-refractivity contribution in [1.82, 2.24) is 20.4 Å². The first-order valence-corrected chi connectivity index (χ1v) is 7.50. The molecular weight excluding hydrogens is 312 g/mol. The van der Waals surface area contributed by atoms with Gasteiger partial charge in [0.2, 0.25) is 6.79 Å². The fourth-order valence-corrected chi connectivity index (χ4v) is 3.18. The Balaban J connectivity index is 1.98. The van der Waals surface area contributed by atoms with Crippen LogP contribution in [0.15, 0.2) is 27.8 Å². The van der Waals surface area contributed by atoms with E-state index in [1.165, 1.54) is 0 Å². The Hall–Kier alpha value is -3.16. The molecule has 3 aromatic rings.